The van der Waals surface area contributed by atoms with Crippen molar-refractivity contribution >= 4 is 21.7 Å². The van der Waals surface area contributed by atoms with Gasteiger partial charge < -0.3 is 21.9 Å². The molecule has 6 heavy (non-hydrogen) atoms. The van der Waals surface area contributed by atoms with Gasteiger partial charge in [0.25, 0.3) is 0 Å². The van der Waals surface area contributed by atoms with Gasteiger partial charge in [-0.25, -0.2) is 0 Å². The molecule has 0 saturated heterocycles. The van der Waals surface area contributed by atoms with Gasteiger partial charge in [0, 0.05) is 0 Å². The van der Waals surface area contributed by atoms with Gasteiger partial charge in [0.1, 0.15) is 0 Å². The maximum absolute atomic E-state index is 8.28. The molecule has 0 radical (unpaired) electrons. The normalized spacial score (nSPS) is 1.00. The van der Waals surface area contributed by atoms with Crippen molar-refractivity contribution in [1.29, 1.82) is 0 Å². The molecule has 0 aliphatic rings. The molecule has 0 aliphatic carbocycles. The first kappa shape index (κ1) is 94.7. The molecule has 0 amide bonds. The summed E-state index contributed by atoms with van der Waals surface area (Å²) < 4.78 is 8.28. The Morgan fingerprint density at radius 3 is 0.667 bits per heavy atom. The molecular formula is H8MgO5. The summed E-state index contributed by atoms with van der Waals surface area (Å²) in [7, 11) is 0. The Morgan fingerprint density at radius 1 is 0.667 bits per heavy atom. The molecule has 0 fully saturated rings. The Bertz CT molecular complexity index is 3.90. The number of rotatable bonds is 0. The van der Waals surface area contributed by atoms with Gasteiger partial charge in [-0.3, -0.25) is 0 Å². The molecule has 0 rings (SSSR count). The van der Waals surface area contributed by atoms with Gasteiger partial charge in [-0.1, -0.05) is 0 Å². The first-order chi connectivity index (χ1) is 1.00. The van der Waals surface area contributed by atoms with Crippen LogP contribution in [0.2, 0.25) is 0 Å². The monoisotopic (exact) mass is 112 g/mol. The second kappa shape index (κ2) is 636. The Balaban J connectivity index is -0.000000000833. The summed E-state index contributed by atoms with van der Waals surface area (Å²) in [6, 6.07) is 0. The van der Waals surface area contributed by atoms with Crippen molar-refractivity contribution in [3.63, 3.8) is 0 Å². The van der Waals surface area contributed by atoms with Crippen molar-refractivity contribution in [3.8, 4) is 0 Å². The molecule has 6 heteroatoms. The summed E-state index contributed by atoms with van der Waals surface area (Å²) in [5, 5.41) is 0. The SMILES string of the molecule is O.O.O.O.[O]=[Mg]. The summed E-state index contributed by atoms with van der Waals surface area (Å²) in [5.74, 6) is 0. The van der Waals surface area contributed by atoms with Crippen LogP contribution in [0.4, 0.5) is 0 Å². The molecule has 0 heterocycles. The third kappa shape index (κ3) is 310. The van der Waals surface area contributed by atoms with E-state index in [1.807, 2.05) is 0 Å². The van der Waals surface area contributed by atoms with Crippen LogP contribution in [0.25, 0.3) is 0 Å². The first-order valence-corrected chi connectivity index (χ1v) is 0.866. The zero-order valence-electron chi connectivity index (χ0n) is 3.12. The first-order valence-electron chi connectivity index (χ1n) is 0.289. The third-order valence-electron chi connectivity index (χ3n) is 0. The van der Waals surface area contributed by atoms with Crippen LogP contribution in [0.5, 0.6) is 0 Å². The van der Waals surface area contributed by atoms with Crippen LogP contribution in [-0.2, 0) is 3.17 Å². The van der Waals surface area contributed by atoms with Crippen LogP contribution in [0, 0.1) is 0 Å². The van der Waals surface area contributed by atoms with Crippen LogP contribution < -0.4 is 0 Å². The fourth-order valence-electron chi connectivity index (χ4n) is 0. The van der Waals surface area contributed by atoms with Crippen molar-refractivity contribution in [1.82, 2.24) is 0 Å². The van der Waals surface area contributed by atoms with Crippen LogP contribution in [0.15, 0.2) is 0 Å². The van der Waals surface area contributed by atoms with E-state index in [4.69, 9.17) is 3.17 Å². The van der Waals surface area contributed by atoms with Gasteiger partial charge in [-0.15, -0.1) is 0 Å². The Kier molecular flexibility index (Phi) is 10000. The summed E-state index contributed by atoms with van der Waals surface area (Å²) >= 11 is 0.611. The molecule has 5 nitrogen and oxygen atoms in total. The summed E-state index contributed by atoms with van der Waals surface area (Å²) in [6.45, 7) is 0. The Labute approximate surface area is 47.4 Å². The van der Waals surface area contributed by atoms with E-state index < -0.39 is 0 Å². The Hall–Kier alpha value is 0.406. The van der Waals surface area contributed by atoms with Gasteiger partial charge in [-0.05, 0) is 0 Å². The van der Waals surface area contributed by atoms with E-state index in [0.717, 1.165) is 0 Å². The molecular weight excluding hydrogens is 104 g/mol. The van der Waals surface area contributed by atoms with E-state index in [0.29, 0.717) is 21.7 Å². The second-order valence-electron chi connectivity index (χ2n) is 0. The average Bonchev–Trinajstić information content (AvgIpc) is 1.00. The minimum absolute atomic E-state index is 0. The van der Waals surface area contributed by atoms with Crippen molar-refractivity contribution in [2.75, 3.05) is 0 Å². The molecule has 0 aromatic rings. The van der Waals surface area contributed by atoms with Gasteiger partial charge in [0.05, 0.1) is 0 Å². The van der Waals surface area contributed by atoms with Gasteiger partial charge in [-0.2, -0.15) is 0 Å². The van der Waals surface area contributed by atoms with Gasteiger partial charge in [0.15, 0.2) is 0 Å². The molecule has 0 saturated carbocycles. The quantitative estimate of drug-likeness (QED) is 0.291. The number of hydrogen-bond acceptors (Lipinski definition) is 1. The van der Waals surface area contributed by atoms with E-state index in [2.05, 4.69) is 0 Å². The molecule has 0 unspecified atom stereocenters. The minimum atomic E-state index is 0. The van der Waals surface area contributed by atoms with Crippen molar-refractivity contribution < 1.29 is 25.1 Å². The zero-order chi connectivity index (χ0) is 2.00. The fraction of sp³-hybridized carbons (Fsp3) is 0. The zero-order valence-corrected chi connectivity index (χ0v) is 4.53. The van der Waals surface area contributed by atoms with E-state index in [1.165, 1.54) is 0 Å². The molecule has 0 aromatic heterocycles. The summed E-state index contributed by atoms with van der Waals surface area (Å²) in [4.78, 5) is 0. The molecule has 0 bridgehead atoms. The second-order valence-corrected chi connectivity index (χ2v) is 0. The molecule has 0 aromatic carbocycles. The third-order valence-corrected chi connectivity index (χ3v) is 0. The molecule has 0 atom stereocenters. The van der Waals surface area contributed by atoms with E-state index in [9.17, 15) is 0 Å². The van der Waals surface area contributed by atoms with Crippen LogP contribution in [0.1, 0.15) is 0 Å². The summed E-state index contributed by atoms with van der Waals surface area (Å²) in [6.07, 6.45) is 0. The van der Waals surface area contributed by atoms with Gasteiger partial charge in [0.2, 0.25) is 0 Å². The van der Waals surface area contributed by atoms with Crippen molar-refractivity contribution in [3.05, 3.63) is 0 Å². The topological polar surface area (TPSA) is 143 Å². The van der Waals surface area contributed by atoms with Crippen LogP contribution in [-0.4, -0.2) is 43.6 Å². The molecule has 0 aliphatic heterocycles. The standard InChI is InChI=1S/Mg.4H2O.O/h;4*1H2;. The van der Waals surface area contributed by atoms with Crippen LogP contribution >= 0.6 is 0 Å². The molecule has 8 N–H and O–H groups in total. The van der Waals surface area contributed by atoms with Crippen molar-refractivity contribution in [2.24, 2.45) is 0 Å². The molecule has 40 valence electrons. The average molecular weight is 112 g/mol. The van der Waals surface area contributed by atoms with E-state index in [-0.39, 0.29) is 21.9 Å². The predicted molar refractivity (Wildman–Crippen MR) is 20.9 cm³/mol. The molecule has 0 spiro atoms. The predicted octanol–water partition coefficient (Wildman–Crippen LogP) is -3.80. The number of hydrogen-bond donors (Lipinski definition) is 0. The van der Waals surface area contributed by atoms with Crippen molar-refractivity contribution in [2.45, 2.75) is 0 Å². The van der Waals surface area contributed by atoms with Crippen LogP contribution in [0.3, 0.4) is 0 Å². The van der Waals surface area contributed by atoms with E-state index >= 15 is 0 Å². The summed E-state index contributed by atoms with van der Waals surface area (Å²) in [5.41, 5.74) is 0. The van der Waals surface area contributed by atoms with Gasteiger partial charge >= 0.3 is 24.9 Å². The Morgan fingerprint density at radius 2 is 0.667 bits per heavy atom. The maximum atomic E-state index is 8.28. The van der Waals surface area contributed by atoms with E-state index in [1.54, 1.807) is 0 Å². The fourth-order valence-corrected chi connectivity index (χ4v) is 0.